The predicted molar refractivity (Wildman–Crippen MR) is 477 cm³/mol. The first kappa shape index (κ1) is 111. The summed E-state index contributed by atoms with van der Waals surface area (Å²) >= 11 is 0. The van der Waals surface area contributed by atoms with Gasteiger partial charge in [-0.1, -0.05) is 118 Å². The number of primary amides is 1. The SMILES string of the molecule is CC[C@H](C)[C@@H]([C@@H](CC(=O)N1CCC[C@H]1[C@H](OC)[C@@H](C)C(=O)N[C@H](C)[C@@H](C)c1ccccc1)OC)N(C)C(=O)[C@@H](NC(=O)[C@H](C(C)C)N(C)C(=O)OCc1ccc(NC(=O)[C@H](CCCNC(N)=O)NC(=O)[C@@H](NC(=O)[C@H](CC(=O)N[C@H]2CCOC2=O)NC(=O)CCOCCOCCOCCOCCNC(=O)[C@H](CNC(=O)CCP(=O)(O)O)N2C(=O)C=CC2=O)C(C)C)cc1)C(C)C. The van der Waals surface area contributed by atoms with Gasteiger partial charge >= 0.3 is 25.7 Å². The van der Waals surface area contributed by atoms with E-state index in [1.807, 2.05) is 58.0 Å². The third-order valence-electron chi connectivity index (χ3n) is 23.0. The van der Waals surface area contributed by atoms with Crippen molar-refractivity contribution in [1.29, 1.82) is 0 Å². The Bertz CT molecular complexity index is 4180. The van der Waals surface area contributed by atoms with Crippen LogP contribution in [0.3, 0.4) is 0 Å². The minimum absolute atomic E-state index is 0.00349. The molecule has 0 saturated carbocycles. The molecule has 3 aliphatic rings. The standard InChI is InChI=1S/C88H138N15O27P/c1-16-55(8)77(67(123-14)49-73(109)102-37-21-25-65(102)78(124-15)57(10)79(110)93-58(11)56(9)60-22-18-17-19-23-60)100(12)85(116)75(53(4)5)99-84(115)76(54(6)7)101(13)88(119)130-51-59-26-28-61(29-27-59)94-80(111)62(24-20-35-91-87(89)118)97-83(114)74(52(2)3)98-81(112)64(48-70(106)95-63-32-39-129-86(63)117)96-69(105)33-38-125-41-43-127-45-46-128-44-42-126-40-36-90-82(113)66(103-71(107)30-31-72(103)108)50-92-68(104)34-47-131(120,121)122/h17-19,22-23,26-31,52-58,62-67,74-78H,16,20-21,24-25,32-51H2,1-15H3,(H,90,113)(H,92,104)(H,93,110)(H,94,111)(H,95,106)(H,96,105)(H,97,114)(H,98,112)(H,99,115)(H3,89,91,118)(H2,120,121,122)/t55-,56+,57+,58+,62-,63-,64-,65-,66-,67+,74-,75-,76-,77-,78+/m0/s1. The quantitative estimate of drug-likeness (QED) is 0.0193. The molecule has 2 aromatic carbocycles. The number of cyclic esters (lactones) is 1. The Hall–Kier alpha value is -10.6. The molecule has 0 aliphatic carbocycles. The van der Waals surface area contributed by atoms with Crippen LogP contribution in [-0.2, 0) is 116 Å². The average Bonchev–Trinajstić information content (AvgIpc) is 1.78. The first-order chi connectivity index (χ1) is 62.0. The van der Waals surface area contributed by atoms with Crippen LogP contribution >= 0.6 is 7.60 Å². The number of esters is 1. The smallest absolute Gasteiger partial charge is 0.410 e. The number of hydrogen-bond acceptors (Lipinski definition) is 25. The summed E-state index contributed by atoms with van der Waals surface area (Å²) < 4.78 is 56.1. The summed E-state index contributed by atoms with van der Waals surface area (Å²) in [5.74, 6) is -11.9. The van der Waals surface area contributed by atoms with Crippen molar-refractivity contribution in [2.75, 3.05) is 125 Å². The van der Waals surface area contributed by atoms with Crippen LogP contribution in [0.1, 0.15) is 157 Å². The molecule has 42 nitrogen and oxygen atoms in total. The summed E-state index contributed by atoms with van der Waals surface area (Å²) in [4.78, 5) is 239. The van der Waals surface area contributed by atoms with Gasteiger partial charge in [-0.05, 0) is 79.5 Å². The highest BCUT2D eigenvalue weighted by atomic mass is 31.2. The fourth-order valence-corrected chi connectivity index (χ4v) is 15.7. The van der Waals surface area contributed by atoms with E-state index in [1.165, 1.54) is 26.3 Å². The molecule has 0 aromatic heterocycles. The lowest BCUT2D eigenvalue weighted by atomic mass is 9.89. The van der Waals surface area contributed by atoms with E-state index in [0.717, 1.165) is 22.6 Å². The molecule has 16 amide bonds. The van der Waals surface area contributed by atoms with Crippen LogP contribution in [0.15, 0.2) is 66.7 Å². The molecule has 0 bridgehead atoms. The number of ether oxygens (including phenoxy) is 8. The Balaban J connectivity index is 1.12. The molecular weight excluding hydrogens is 1730 g/mol. The van der Waals surface area contributed by atoms with E-state index in [2.05, 4.69) is 60.1 Å². The molecule has 43 heteroatoms. The topological polar surface area (TPSA) is 564 Å². The van der Waals surface area contributed by atoms with Gasteiger partial charge in [-0.15, -0.1) is 0 Å². The van der Waals surface area contributed by atoms with Crippen molar-refractivity contribution in [3.8, 4) is 0 Å². The Morgan fingerprint density at radius 2 is 1.22 bits per heavy atom. The number of rotatable bonds is 59. The van der Waals surface area contributed by atoms with Gasteiger partial charge in [0, 0.05) is 104 Å². The van der Waals surface area contributed by atoms with Crippen molar-refractivity contribution in [2.24, 2.45) is 35.3 Å². The Kier molecular flexibility index (Phi) is 47.7. The number of likely N-dealkylation sites (tertiary alicyclic amines) is 1. The van der Waals surface area contributed by atoms with Crippen LogP contribution in [0.4, 0.5) is 15.3 Å². The molecule has 14 N–H and O–H groups in total. The molecule has 0 unspecified atom stereocenters. The van der Waals surface area contributed by atoms with E-state index in [4.69, 9.17) is 53.4 Å². The first-order valence-corrected chi connectivity index (χ1v) is 46.3. The zero-order chi connectivity index (χ0) is 97.4. The average molecular weight is 1870 g/mol. The number of imide groups is 1. The molecule has 0 radical (unpaired) electrons. The minimum atomic E-state index is -4.49. The monoisotopic (exact) mass is 1870 g/mol. The first-order valence-electron chi connectivity index (χ1n) is 44.5. The Labute approximate surface area is 765 Å². The summed E-state index contributed by atoms with van der Waals surface area (Å²) in [7, 11) is 1.59. The van der Waals surface area contributed by atoms with Gasteiger partial charge in [0.25, 0.3) is 11.8 Å². The van der Waals surface area contributed by atoms with Crippen molar-refractivity contribution >= 4 is 108 Å². The Morgan fingerprint density at radius 3 is 1.79 bits per heavy atom. The number of carbonyl (C=O) groups excluding carboxylic acids is 16. The second-order valence-electron chi connectivity index (χ2n) is 33.8. The van der Waals surface area contributed by atoms with Gasteiger partial charge in [0.15, 0.2) is 0 Å². The summed E-state index contributed by atoms with van der Waals surface area (Å²) in [5.41, 5.74) is 7.09. The van der Waals surface area contributed by atoms with Crippen molar-refractivity contribution in [3.05, 3.63) is 77.9 Å². The maximum absolute atomic E-state index is 14.9. The van der Waals surface area contributed by atoms with E-state index in [9.17, 15) is 81.3 Å². The zero-order valence-electron chi connectivity index (χ0n) is 77.8. The van der Waals surface area contributed by atoms with Gasteiger partial charge in [-0.3, -0.25) is 76.7 Å². The highest BCUT2D eigenvalue weighted by Crippen LogP contribution is 2.35. The van der Waals surface area contributed by atoms with Crippen LogP contribution < -0.4 is 58.9 Å². The third kappa shape index (κ3) is 36.8. The number of nitrogens with two attached hydrogens (primary N) is 1. The number of hydrogen-bond donors (Lipinski definition) is 13. The molecule has 3 heterocycles. The summed E-state index contributed by atoms with van der Waals surface area (Å²) in [5, 5.41) is 26.4. The number of nitrogens with zero attached hydrogens (tertiary/aromatic N) is 4. The Morgan fingerprint density at radius 1 is 0.611 bits per heavy atom. The molecule has 732 valence electrons. The molecule has 3 aliphatic heterocycles. The van der Waals surface area contributed by atoms with Crippen molar-refractivity contribution in [2.45, 2.75) is 226 Å². The van der Waals surface area contributed by atoms with E-state index < -0.39 is 206 Å². The largest absolute Gasteiger partial charge is 0.464 e. The number of carbonyl (C=O) groups is 16. The predicted octanol–water partition coefficient (Wildman–Crippen LogP) is 1.52. The van der Waals surface area contributed by atoms with Crippen LogP contribution in [0.25, 0.3) is 0 Å². The van der Waals surface area contributed by atoms with Gasteiger partial charge < -0.3 is 116 Å². The summed E-state index contributed by atoms with van der Waals surface area (Å²) in [6, 6.07) is 4.90. The molecule has 5 rings (SSSR count). The van der Waals surface area contributed by atoms with E-state index in [0.29, 0.717) is 36.3 Å². The fraction of sp³-hybridized carbons (Fsp3) is 0.659. The molecule has 15 atom stereocenters. The van der Waals surface area contributed by atoms with Crippen molar-refractivity contribution < 1.29 is 129 Å². The van der Waals surface area contributed by atoms with Crippen LogP contribution in [0.5, 0.6) is 0 Å². The van der Waals surface area contributed by atoms with Gasteiger partial charge in [0.05, 0.1) is 109 Å². The maximum Gasteiger partial charge on any atom is 0.410 e. The third-order valence-corrected chi connectivity index (χ3v) is 23.8. The second kappa shape index (κ2) is 56.3. The fourth-order valence-electron chi connectivity index (χ4n) is 15.2. The lowest BCUT2D eigenvalue weighted by Gasteiger charge is -2.41. The van der Waals surface area contributed by atoms with E-state index >= 15 is 0 Å². The summed E-state index contributed by atoms with van der Waals surface area (Å²) in [6.07, 6.45) is -0.688. The van der Waals surface area contributed by atoms with Gasteiger partial charge in [0.2, 0.25) is 65.0 Å². The molecule has 131 heavy (non-hydrogen) atoms. The molecule has 2 saturated heterocycles. The normalized spacial score (nSPS) is 17.4. The number of amides is 16. The minimum Gasteiger partial charge on any atom is -0.464 e. The maximum atomic E-state index is 14.9. The number of methoxy groups -OCH3 is 2. The molecule has 0 spiro atoms. The van der Waals surface area contributed by atoms with Crippen molar-refractivity contribution in [3.63, 3.8) is 0 Å². The van der Waals surface area contributed by atoms with E-state index in [1.54, 1.807) is 77.6 Å². The van der Waals surface area contributed by atoms with Crippen LogP contribution in [-0.4, -0.2) is 317 Å². The van der Waals surface area contributed by atoms with Gasteiger partial charge in [-0.25, -0.2) is 14.4 Å². The van der Waals surface area contributed by atoms with E-state index in [-0.39, 0.29) is 147 Å². The van der Waals surface area contributed by atoms with Crippen LogP contribution in [0.2, 0.25) is 0 Å². The van der Waals surface area contributed by atoms with Crippen molar-refractivity contribution in [1.82, 2.24) is 67.5 Å². The highest BCUT2D eigenvalue weighted by Gasteiger charge is 2.45. The van der Waals surface area contributed by atoms with Gasteiger partial charge in [-0.2, -0.15) is 0 Å². The lowest BCUT2D eigenvalue weighted by Crippen LogP contribution is -2.60. The number of nitrogens with one attached hydrogen (secondary N) is 10. The molecule has 2 aromatic rings. The van der Waals surface area contributed by atoms with Gasteiger partial charge in [0.1, 0.15) is 48.9 Å². The van der Waals surface area contributed by atoms with Crippen LogP contribution in [0, 0.1) is 29.6 Å². The number of anilines is 1. The highest BCUT2D eigenvalue weighted by molar-refractivity contribution is 7.51. The second-order valence-corrected chi connectivity index (χ2v) is 35.6. The summed E-state index contributed by atoms with van der Waals surface area (Å²) in [6.45, 7) is 20.0. The number of likely N-dealkylation sites (N-methyl/N-ethyl adjacent to an activating group) is 2. The number of benzene rings is 2. The molecular formula is C88H138N15O27P. The molecule has 2 fully saturated rings. The number of urea groups is 1. The lowest BCUT2D eigenvalue weighted by molar-refractivity contribution is -0.148. The zero-order valence-corrected chi connectivity index (χ0v) is 78.7.